The second kappa shape index (κ2) is 10.8. The molecule has 1 aromatic carbocycles. The molecule has 1 saturated carbocycles. The number of para-hydroxylation sites is 1. The van der Waals surface area contributed by atoms with Gasteiger partial charge in [0.25, 0.3) is 0 Å². The van der Waals surface area contributed by atoms with Gasteiger partial charge >= 0.3 is 5.97 Å². The summed E-state index contributed by atoms with van der Waals surface area (Å²) in [7, 11) is 0. The van der Waals surface area contributed by atoms with Crippen LogP contribution in [0.15, 0.2) is 42.5 Å². The van der Waals surface area contributed by atoms with Gasteiger partial charge in [-0.25, -0.2) is 0 Å². The van der Waals surface area contributed by atoms with Crippen molar-refractivity contribution in [1.29, 1.82) is 0 Å². The van der Waals surface area contributed by atoms with Gasteiger partial charge in [0.2, 0.25) is 0 Å². The lowest BCUT2D eigenvalue weighted by Gasteiger charge is -2.23. The van der Waals surface area contributed by atoms with Crippen LogP contribution < -0.4 is 4.74 Å². The Morgan fingerprint density at radius 1 is 1.28 bits per heavy atom. The summed E-state index contributed by atoms with van der Waals surface area (Å²) in [6, 6.07) is 9.36. The molecule has 0 aromatic heterocycles. The number of benzene rings is 1. The first-order valence-corrected chi connectivity index (χ1v) is 10.6. The summed E-state index contributed by atoms with van der Waals surface area (Å²) in [6.45, 7) is 0.166. The second-order valence-corrected chi connectivity index (χ2v) is 8.13. The lowest BCUT2D eigenvalue weighted by Crippen LogP contribution is -2.24. The standard InChI is InChI=1S/C23H32O6/c24-16(15-28-17-6-2-1-3-7-17)12-13-19-20-10-4-8-18(9-5-11-23(26)27)29-22(20)14-21(19)25/h1-3,6-7,12-13,16,18-22,24-25H,4-5,8-11,14-15H2,(H,26,27)/b13-12+/t16-,18+,19-,20-,21-,22+/m1/s1. The molecule has 1 aliphatic carbocycles. The average Bonchev–Trinajstić information content (AvgIpc) is 2.85. The lowest BCUT2D eigenvalue weighted by molar-refractivity contribution is -0.137. The molecule has 2 fully saturated rings. The maximum absolute atomic E-state index is 10.7. The third kappa shape index (κ3) is 6.56. The van der Waals surface area contributed by atoms with Crippen LogP contribution in [0.4, 0.5) is 0 Å². The number of carbonyl (C=O) groups is 1. The summed E-state index contributed by atoms with van der Waals surface area (Å²) in [6.07, 6.45) is 7.54. The number of hydrogen-bond donors (Lipinski definition) is 3. The monoisotopic (exact) mass is 404 g/mol. The van der Waals surface area contributed by atoms with Crippen LogP contribution in [0.25, 0.3) is 0 Å². The smallest absolute Gasteiger partial charge is 0.303 e. The molecule has 6 nitrogen and oxygen atoms in total. The number of aliphatic carboxylic acids is 1. The molecule has 2 aliphatic rings. The molecular formula is C23H32O6. The van der Waals surface area contributed by atoms with Crippen molar-refractivity contribution in [2.24, 2.45) is 11.8 Å². The highest BCUT2D eigenvalue weighted by Crippen LogP contribution is 2.42. The lowest BCUT2D eigenvalue weighted by atomic mass is 9.88. The van der Waals surface area contributed by atoms with Crippen molar-refractivity contribution in [2.75, 3.05) is 6.61 Å². The van der Waals surface area contributed by atoms with Gasteiger partial charge < -0.3 is 24.8 Å². The number of rotatable bonds is 9. The quantitative estimate of drug-likeness (QED) is 0.547. The van der Waals surface area contributed by atoms with E-state index in [1.807, 2.05) is 36.4 Å². The molecule has 160 valence electrons. The summed E-state index contributed by atoms with van der Waals surface area (Å²) in [4.78, 5) is 10.7. The van der Waals surface area contributed by atoms with Gasteiger partial charge in [0.1, 0.15) is 18.5 Å². The van der Waals surface area contributed by atoms with Crippen molar-refractivity contribution in [3.8, 4) is 5.75 Å². The Labute approximate surface area is 172 Å². The number of aliphatic hydroxyl groups is 2. The zero-order valence-corrected chi connectivity index (χ0v) is 16.7. The van der Waals surface area contributed by atoms with Crippen molar-refractivity contribution in [3.05, 3.63) is 42.5 Å². The van der Waals surface area contributed by atoms with Gasteiger partial charge in [-0.05, 0) is 43.7 Å². The first-order chi connectivity index (χ1) is 14.0. The van der Waals surface area contributed by atoms with E-state index in [2.05, 4.69) is 0 Å². The Kier molecular flexibility index (Phi) is 8.09. The molecule has 0 amide bonds. The van der Waals surface area contributed by atoms with E-state index < -0.39 is 18.2 Å². The summed E-state index contributed by atoms with van der Waals surface area (Å²) in [5.41, 5.74) is 0. The molecule has 1 heterocycles. The summed E-state index contributed by atoms with van der Waals surface area (Å²) in [5, 5.41) is 29.6. The summed E-state index contributed by atoms with van der Waals surface area (Å²) >= 11 is 0. The van der Waals surface area contributed by atoms with Gasteiger partial charge in [-0.2, -0.15) is 0 Å². The molecule has 0 unspecified atom stereocenters. The first-order valence-electron chi connectivity index (χ1n) is 10.6. The fourth-order valence-electron chi connectivity index (χ4n) is 4.51. The Morgan fingerprint density at radius 3 is 2.83 bits per heavy atom. The zero-order valence-electron chi connectivity index (χ0n) is 16.7. The molecule has 0 bridgehead atoms. The van der Waals surface area contributed by atoms with E-state index in [0.29, 0.717) is 18.6 Å². The highest BCUT2D eigenvalue weighted by atomic mass is 16.5. The Bertz CT molecular complexity index is 661. The van der Waals surface area contributed by atoms with Crippen LogP contribution in [-0.4, -0.2) is 52.3 Å². The van der Waals surface area contributed by atoms with E-state index in [-0.39, 0.29) is 37.1 Å². The van der Waals surface area contributed by atoms with E-state index >= 15 is 0 Å². The minimum atomic E-state index is -0.771. The van der Waals surface area contributed by atoms with E-state index in [4.69, 9.17) is 14.6 Å². The van der Waals surface area contributed by atoms with Crippen LogP contribution in [0, 0.1) is 11.8 Å². The molecule has 1 aromatic rings. The number of carboxylic acid groups (broad SMARTS) is 1. The van der Waals surface area contributed by atoms with Gasteiger partial charge in [-0.15, -0.1) is 0 Å². The summed E-state index contributed by atoms with van der Waals surface area (Å²) in [5.74, 6) is 0.136. The maximum Gasteiger partial charge on any atom is 0.303 e. The minimum absolute atomic E-state index is 0.00492. The van der Waals surface area contributed by atoms with Crippen LogP contribution in [-0.2, 0) is 9.53 Å². The van der Waals surface area contributed by atoms with E-state index in [1.54, 1.807) is 6.08 Å². The van der Waals surface area contributed by atoms with Gasteiger partial charge in [-0.1, -0.05) is 36.8 Å². The molecule has 6 atom stereocenters. The minimum Gasteiger partial charge on any atom is -0.491 e. The molecule has 29 heavy (non-hydrogen) atoms. The van der Waals surface area contributed by atoms with Crippen molar-refractivity contribution in [2.45, 2.75) is 69.4 Å². The second-order valence-electron chi connectivity index (χ2n) is 8.13. The molecule has 1 aliphatic heterocycles. The van der Waals surface area contributed by atoms with Crippen LogP contribution in [0.1, 0.15) is 44.9 Å². The van der Waals surface area contributed by atoms with Crippen molar-refractivity contribution in [1.82, 2.24) is 0 Å². The molecule has 3 rings (SSSR count). The van der Waals surface area contributed by atoms with E-state index in [9.17, 15) is 15.0 Å². The Hall–Kier alpha value is -1.89. The normalized spacial score (nSPS) is 30.6. The van der Waals surface area contributed by atoms with Gasteiger partial charge in [0.05, 0.1) is 18.3 Å². The molecule has 6 heteroatoms. The van der Waals surface area contributed by atoms with Gasteiger partial charge in [0, 0.05) is 18.8 Å². The van der Waals surface area contributed by atoms with Crippen LogP contribution in [0.3, 0.4) is 0 Å². The van der Waals surface area contributed by atoms with E-state index in [0.717, 1.165) is 25.7 Å². The number of aliphatic hydroxyl groups excluding tert-OH is 2. The van der Waals surface area contributed by atoms with Crippen LogP contribution >= 0.6 is 0 Å². The molecule has 1 saturated heterocycles. The highest BCUT2D eigenvalue weighted by molar-refractivity contribution is 5.66. The average molecular weight is 405 g/mol. The Balaban J connectivity index is 1.50. The number of fused-ring (bicyclic) bond motifs is 1. The fraction of sp³-hybridized carbons (Fsp3) is 0.609. The molecule has 3 N–H and O–H groups in total. The predicted octanol–water partition coefficient (Wildman–Crippen LogP) is 3.17. The Morgan fingerprint density at radius 2 is 2.07 bits per heavy atom. The van der Waals surface area contributed by atoms with Crippen molar-refractivity contribution in [3.63, 3.8) is 0 Å². The third-order valence-electron chi connectivity index (χ3n) is 5.96. The largest absolute Gasteiger partial charge is 0.491 e. The van der Waals surface area contributed by atoms with Crippen LogP contribution in [0.5, 0.6) is 5.75 Å². The SMILES string of the molecule is O=C(O)CCC[C@@H]1CCC[C@@H]2[C@@H](/C=C/[C@@H](O)COc3ccccc3)[C@H](O)C[C@@H]2O1. The number of ether oxygens (including phenoxy) is 2. The number of hydrogen-bond acceptors (Lipinski definition) is 5. The predicted molar refractivity (Wildman–Crippen MR) is 109 cm³/mol. The van der Waals surface area contributed by atoms with Gasteiger partial charge in [-0.3, -0.25) is 4.79 Å². The van der Waals surface area contributed by atoms with Crippen molar-refractivity contribution >= 4 is 5.97 Å². The topological polar surface area (TPSA) is 96.2 Å². The molecule has 0 spiro atoms. The molecular weight excluding hydrogens is 372 g/mol. The third-order valence-corrected chi connectivity index (χ3v) is 5.96. The van der Waals surface area contributed by atoms with Crippen LogP contribution in [0.2, 0.25) is 0 Å². The number of carboxylic acids is 1. The maximum atomic E-state index is 10.7. The zero-order chi connectivity index (χ0) is 20.6. The first kappa shape index (κ1) is 21.8. The van der Waals surface area contributed by atoms with Crippen molar-refractivity contribution < 1.29 is 29.6 Å². The van der Waals surface area contributed by atoms with Gasteiger partial charge in [0.15, 0.2) is 0 Å². The fourth-order valence-corrected chi connectivity index (χ4v) is 4.51. The highest BCUT2D eigenvalue weighted by Gasteiger charge is 2.43. The molecule has 0 radical (unpaired) electrons. The van der Waals surface area contributed by atoms with E-state index in [1.165, 1.54) is 0 Å². The summed E-state index contributed by atoms with van der Waals surface area (Å²) < 4.78 is 11.8.